The Hall–Kier alpha value is -0.0400. The second kappa shape index (κ2) is 3.84. The van der Waals surface area contributed by atoms with Crippen LogP contribution >= 0.6 is 0 Å². The molecule has 1 nitrogen and oxygen atoms in total. The number of piperidine rings is 1. The molecule has 0 aliphatic carbocycles. The molecule has 1 saturated heterocycles. The molecular weight excluding hydrogens is 170 g/mol. The molecule has 1 rings (SSSR count). The zero-order valence-corrected chi connectivity index (χ0v) is 10.9. The molecule has 1 atom stereocenters. The summed E-state index contributed by atoms with van der Waals surface area (Å²) in [6.45, 7) is 15.4. The van der Waals surface area contributed by atoms with Crippen molar-refractivity contribution in [3.8, 4) is 0 Å². The molecule has 1 fully saturated rings. The van der Waals surface area contributed by atoms with Crippen LogP contribution in [0.15, 0.2) is 0 Å². The second-order valence-corrected chi connectivity index (χ2v) is 6.74. The summed E-state index contributed by atoms with van der Waals surface area (Å²) >= 11 is 0. The molecule has 0 bridgehead atoms. The highest BCUT2D eigenvalue weighted by Gasteiger charge is 2.37. The van der Waals surface area contributed by atoms with Crippen LogP contribution in [0.5, 0.6) is 0 Å². The van der Waals surface area contributed by atoms with Crippen molar-refractivity contribution in [3.63, 3.8) is 0 Å². The van der Waals surface area contributed by atoms with Gasteiger partial charge in [0.2, 0.25) is 0 Å². The maximum absolute atomic E-state index is 2.70. The minimum atomic E-state index is 0.332. The van der Waals surface area contributed by atoms with Crippen LogP contribution in [0.3, 0.4) is 0 Å². The molecule has 0 aromatic heterocycles. The zero-order chi connectivity index (χ0) is 11.0. The monoisotopic (exact) mass is 197 g/mol. The Morgan fingerprint density at radius 3 is 1.86 bits per heavy atom. The van der Waals surface area contributed by atoms with Gasteiger partial charge in [-0.2, -0.15) is 0 Å². The summed E-state index contributed by atoms with van der Waals surface area (Å²) in [7, 11) is 0. The van der Waals surface area contributed by atoms with Crippen molar-refractivity contribution < 1.29 is 0 Å². The smallest absolute Gasteiger partial charge is 0.0149 e. The van der Waals surface area contributed by atoms with E-state index in [1.807, 2.05) is 0 Å². The minimum Gasteiger partial charge on any atom is -0.295 e. The van der Waals surface area contributed by atoms with Gasteiger partial charge in [0, 0.05) is 11.6 Å². The van der Waals surface area contributed by atoms with Crippen LogP contribution in [-0.2, 0) is 0 Å². The number of hydrogen-bond acceptors (Lipinski definition) is 1. The average molecular weight is 197 g/mol. The average Bonchev–Trinajstić information content (AvgIpc) is 2.01. The maximum atomic E-state index is 2.70. The van der Waals surface area contributed by atoms with Crippen molar-refractivity contribution in [3.05, 3.63) is 0 Å². The standard InChI is InChI=1S/C13H27N/c1-12(2,3)11-9-7-8-10-14(11)13(4,5)6/h11H,7-10H2,1-6H3. The zero-order valence-electron chi connectivity index (χ0n) is 10.9. The molecule has 1 unspecified atom stereocenters. The molecular formula is C13H27N. The molecule has 0 spiro atoms. The maximum Gasteiger partial charge on any atom is 0.0149 e. The van der Waals surface area contributed by atoms with Gasteiger partial charge in [-0.1, -0.05) is 27.2 Å². The normalized spacial score (nSPS) is 26.6. The van der Waals surface area contributed by atoms with E-state index in [9.17, 15) is 0 Å². The fourth-order valence-corrected chi connectivity index (χ4v) is 2.63. The minimum absolute atomic E-state index is 0.332. The predicted octanol–water partition coefficient (Wildman–Crippen LogP) is 3.69. The van der Waals surface area contributed by atoms with Gasteiger partial charge < -0.3 is 0 Å². The highest BCUT2D eigenvalue weighted by Crippen LogP contribution is 2.35. The molecule has 0 aromatic carbocycles. The van der Waals surface area contributed by atoms with E-state index in [0.717, 1.165) is 6.04 Å². The number of hydrogen-bond donors (Lipinski definition) is 0. The predicted molar refractivity (Wildman–Crippen MR) is 63.6 cm³/mol. The lowest BCUT2D eigenvalue weighted by molar-refractivity contribution is -0.00414. The Morgan fingerprint density at radius 2 is 1.50 bits per heavy atom. The van der Waals surface area contributed by atoms with E-state index in [4.69, 9.17) is 0 Å². The first-order valence-corrected chi connectivity index (χ1v) is 5.99. The lowest BCUT2D eigenvalue weighted by atomic mass is 9.78. The topological polar surface area (TPSA) is 3.24 Å². The molecule has 0 amide bonds. The van der Waals surface area contributed by atoms with E-state index in [2.05, 4.69) is 46.4 Å². The van der Waals surface area contributed by atoms with Gasteiger partial charge in [-0.25, -0.2) is 0 Å². The van der Waals surface area contributed by atoms with Crippen LogP contribution in [0.1, 0.15) is 60.8 Å². The summed E-state index contributed by atoms with van der Waals surface area (Å²) < 4.78 is 0. The van der Waals surface area contributed by atoms with E-state index in [0.29, 0.717) is 11.0 Å². The molecule has 1 heterocycles. The third-order valence-corrected chi connectivity index (χ3v) is 3.36. The Labute approximate surface area is 89.9 Å². The molecule has 1 aliphatic rings. The Morgan fingerprint density at radius 1 is 0.929 bits per heavy atom. The van der Waals surface area contributed by atoms with Gasteiger partial charge in [-0.15, -0.1) is 0 Å². The summed E-state index contributed by atoms with van der Waals surface area (Å²) in [5.41, 5.74) is 0.756. The van der Waals surface area contributed by atoms with Crippen molar-refractivity contribution >= 4 is 0 Å². The Bertz CT molecular complexity index is 160. The van der Waals surface area contributed by atoms with E-state index in [-0.39, 0.29) is 0 Å². The van der Waals surface area contributed by atoms with Crippen LogP contribution in [-0.4, -0.2) is 23.0 Å². The lowest BCUT2D eigenvalue weighted by Crippen LogP contribution is -2.55. The van der Waals surface area contributed by atoms with E-state index >= 15 is 0 Å². The molecule has 0 aromatic rings. The summed E-state index contributed by atoms with van der Waals surface area (Å²) in [5, 5.41) is 0. The van der Waals surface area contributed by atoms with E-state index < -0.39 is 0 Å². The molecule has 1 aliphatic heterocycles. The number of rotatable bonds is 0. The van der Waals surface area contributed by atoms with Crippen molar-refractivity contribution in [2.24, 2.45) is 5.41 Å². The summed E-state index contributed by atoms with van der Waals surface area (Å²) in [6, 6.07) is 0.760. The van der Waals surface area contributed by atoms with Crippen LogP contribution in [0, 0.1) is 5.41 Å². The van der Waals surface area contributed by atoms with Crippen LogP contribution < -0.4 is 0 Å². The van der Waals surface area contributed by atoms with Gasteiger partial charge >= 0.3 is 0 Å². The summed E-state index contributed by atoms with van der Waals surface area (Å²) in [6.07, 6.45) is 4.17. The Balaban J connectivity index is 2.80. The van der Waals surface area contributed by atoms with Crippen LogP contribution in [0.25, 0.3) is 0 Å². The van der Waals surface area contributed by atoms with Gasteiger partial charge in [0.05, 0.1) is 0 Å². The molecule has 14 heavy (non-hydrogen) atoms. The fourth-order valence-electron chi connectivity index (χ4n) is 2.63. The van der Waals surface area contributed by atoms with Gasteiger partial charge in [0.1, 0.15) is 0 Å². The molecule has 0 radical (unpaired) electrons. The van der Waals surface area contributed by atoms with Crippen molar-refractivity contribution in [1.82, 2.24) is 4.90 Å². The van der Waals surface area contributed by atoms with Crippen molar-refractivity contribution in [1.29, 1.82) is 0 Å². The van der Waals surface area contributed by atoms with Crippen LogP contribution in [0.2, 0.25) is 0 Å². The highest BCUT2D eigenvalue weighted by molar-refractivity contribution is 4.92. The van der Waals surface area contributed by atoms with E-state index in [1.54, 1.807) is 0 Å². The molecule has 0 N–H and O–H groups in total. The molecule has 1 heteroatoms. The van der Waals surface area contributed by atoms with Crippen molar-refractivity contribution in [2.45, 2.75) is 72.4 Å². The molecule has 84 valence electrons. The summed E-state index contributed by atoms with van der Waals surface area (Å²) in [5.74, 6) is 0. The second-order valence-electron chi connectivity index (χ2n) is 6.74. The SMILES string of the molecule is CC(C)(C)C1CCCCN1C(C)(C)C. The largest absolute Gasteiger partial charge is 0.295 e. The van der Waals surface area contributed by atoms with Crippen LogP contribution in [0.4, 0.5) is 0 Å². The first-order chi connectivity index (χ1) is 6.23. The first-order valence-electron chi connectivity index (χ1n) is 5.99. The third-order valence-electron chi connectivity index (χ3n) is 3.36. The number of nitrogens with zero attached hydrogens (tertiary/aromatic N) is 1. The Kier molecular flexibility index (Phi) is 3.30. The quantitative estimate of drug-likeness (QED) is 0.572. The van der Waals surface area contributed by atoms with Gasteiger partial charge in [-0.05, 0) is 45.6 Å². The van der Waals surface area contributed by atoms with Gasteiger partial charge in [0.25, 0.3) is 0 Å². The fraction of sp³-hybridized carbons (Fsp3) is 1.00. The highest BCUT2D eigenvalue weighted by atomic mass is 15.2. The molecule has 0 saturated carbocycles. The van der Waals surface area contributed by atoms with Gasteiger partial charge in [0.15, 0.2) is 0 Å². The lowest BCUT2D eigenvalue weighted by Gasteiger charge is -2.50. The van der Waals surface area contributed by atoms with Gasteiger partial charge in [-0.3, -0.25) is 4.90 Å². The van der Waals surface area contributed by atoms with Crippen molar-refractivity contribution in [2.75, 3.05) is 6.54 Å². The first kappa shape index (κ1) is 12.0. The van der Waals surface area contributed by atoms with E-state index in [1.165, 1.54) is 25.8 Å². The third kappa shape index (κ3) is 2.73. The number of likely N-dealkylation sites (tertiary alicyclic amines) is 1. The summed E-state index contributed by atoms with van der Waals surface area (Å²) in [4.78, 5) is 2.70.